The van der Waals surface area contributed by atoms with E-state index < -0.39 is 6.51 Å². The summed E-state index contributed by atoms with van der Waals surface area (Å²) in [5, 5.41) is 7.68. The molecule has 3 aromatic carbocycles. The van der Waals surface area contributed by atoms with E-state index in [1.807, 2.05) is 0 Å². The normalized spacial score (nSPS) is 68.5. The van der Waals surface area contributed by atoms with Crippen molar-refractivity contribution in [2.45, 2.75) is 66.4 Å². The molecule has 1 nitrogen and oxygen atoms in total. The Morgan fingerprint density at radius 3 is 1.68 bits per heavy atom. The fourth-order valence-corrected chi connectivity index (χ4v) is 113. The van der Waals surface area contributed by atoms with Gasteiger partial charge in [-0.1, -0.05) is 0 Å². The first kappa shape index (κ1) is 16.3. The second kappa shape index (κ2) is 2.37. The monoisotopic (exact) mass is 503 g/mol. The van der Waals surface area contributed by atoms with Crippen molar-refractivity contribution in [3.8, 4) is 0 Å². The molecular formula is C31H30FeNP. The van der Waals surface area contributed by atoms with E-state index in [0.29, 0.717) is 6.04 Å². The molecule has 34 heavy (non-hydrogen) atoms. The van der Waals surface area contributed by atoms with Crippen molar-refractivity contribution in [2.75, 3.05) is 0 Å². The molecule has 10 heterocycles. The van der Waals surface area contributed by atoms with Crippen LogP contribution in [0.15, 0.2) is 91.0 Å². The van der Waals surface area contributed by atoms with Gasteiger partial charge in [-0.15, -0.1) is 0 Å². The molecule has 1 spiro atoms. The maximum absolute atomic E-state index is 4.25. The summed E-state index contributed by atoms with van der Waals surface area (Å²) in [4.78, 5) is 10.5. The summed E-state index contributed by atoms with van der Waals surface area (Å²) in [5.41, 5.74) is 1.46. The number of benzene rings is 3. The SMILES string of the molecule is C[C@@H](NCc1ccccc1)[C@@]12[CH]3[CH]4[CH]5[C]1(P(c1ccccc1)c1ccccc1)[Fe]45321678[CH]2[CH]1[CH]6[CH]7[CH]28. The first-order chi connectivity index (χ1) is 16.5. The third-order valence-corrected chi connectivity index (χ3v) is 69.5. The molecule has 0 radical (unpaired) electrons. The number of fused-ring (bicyclic) bond motifs is 10. The Balaban J connectivity index is 1.09. The first-order valence-corrected chi connectivity index (χ1v) is 21.0. The van der Waals surface area contributed by atoms with Crippen molar-refractivity contribution in [3.05, 3.63) is 96.6 Å². The van der Waals surface area contributed by atoms with Gasteiger partial charge in [0.15, 0.2) is 0 Å². The zero-order valence-electron chi connectivity index (χ0n) is 19.4. The van der Waals surface area contributed by atoms with Gasteiger partial charge in [-0.2, -0.15) is 0 Å². The number of rotatable bonds is 7. The van der Waals surface area contributed by atoms with Crippen molar-refractivity contribution in [1.29, 1.82) is 0 Å². The van der Waals surface area contributed by atoms with Gasteiger partial charge in [0.25, 0.3) is 0 Å². The van der Waals surface area contributed by atoms with Gasteiger partial charge in [0.05, 0.1) is 0 Å². The maximum atomic E-state index is 4.25. The van der Waals surface area contributed by atoms with E-state index in [1.54, 1.807) is 10.6 Å². The molecule has 172 valence electrons. The fraction of sp³-hybridized carbons (Fsp3) is 0.419. The molecule has 10 aliphatic heterocycles. The minimum absolute atomic E-state index is 0.254. The summed E-state index contributed by atoms with van der Waals surface area (Å²) in [6.07, 6.45) is 0. The average Bonchev–Trinajstić information content (AvgIpc) is 3.84. The minimum atomic E-state index is -3.62. The van der Waals surface area contributed by atoms with Gasteiger partial charge in [0.1, 0.15) is 0 Å². The van der Waals surface area contributed by atoms with Crippen LogP contribution >= 0.6 is 7.92 Å². The van der Waals surface area contributed by atoms with Crippen LogP contribution in [0.3, 0.4) is 0 Å². The van der Waals surface area contributed by atoms with E-state index in [2.05, 4.69) is 103 Å². The van der Waals surface area contributed by atoms with E-state index in [0.717, 1.165) is 14.9 Å². The summed E-state index contributed by atoms with van der Waals surface area (Å²) in [6.45, 7) is 0.113. The van der Waals surface area contributed by atoms with Crippen molar-refractivity contribution in [1.82, 2.24) is 5.32 Å². The third-order valence-electron chi connectivity index (χ3n) is 19.3. The Labute approximate surface area is 192 Å². The Kier molecular flexibility index (Phi) is 1.14. The van der Waals surface area contributed by atoms with E-state index in [9.17, 15) is 0 Å². The van der Waals surface area contributed by atoms with Crippen molar-refractivity contribution in [3.63, 3.8) is 0 Å². The van der Waals surface area contributed by atoms with Crippen LogP contribution in [0.1, 0.15) is 12.5 Å². The molecule has 0 bridgehead atoms. The van der Waals surface area contributed by atoms with Gasteiger partial charge in [-0.25, -0.2) is 0 Å². The quantitative estimate of drug-likeness (QED) is 0.271. The first-order valence-electron chi connectivity index (χ1n) is 13.4. The molecule has 0 saturated carbocycles. The Morgan fingerprint density at radius 2 is 1.21 bits per heavy atom. The fourth-order valence-electron chi connectivity index (χ4n) is 21.2. The molecule has 10 aliphatic rings. The van der Waals surface area contributed by atoms with Crippen LogP contribution in [0.25, 0.3) is 0 Å². The molecule has 13 rings (SSSR count). The van der Waals surface area contributed by atoms with Gasteiger partial charge in [0.2, 0.25) is 0 Å². The summed E-state index contributed by atoms with van der Waals surface area (Å²) in [5.74, 6) is 0. The van der Waals surface area contributed by atoms with Crippen LogP contribution in [0.5, 0.6) is 0 Å². The Bertz CT molecular complexity index is 1820. The second-order valence-electron chi connectivity index (χ2n) is 15.4. The van der Waals surface area contributed by atoms with Crippen molar-refractivity contribution >= 4 is 18.5 Å². The summed E-state index contributed by atoms with van der Waals surface area (Å²) in [6, 6.07) is 35.8. The zero-order valence-corrected chi connectivity index (χ0v) is 21.4. The van der Waals surface area contributed by atoms with Crippen LogP contribution in [-0.2, 0) is 13.1 Å². The molecule has 0 aliphatic carbocycles. The standard InChI is InChI=1S/C26H25NP.C5H5.Fe/c1-21(27-20-22-12-5-2-6-13-22)25-18-11-19-26(25)28(23-14-7-3-8-15-23)24-16-9-4-10-17-24;1-2-4-5-3-1;/h2-19,21,27H,20H2,1H3;1-5H;/t21-;;/m1../s1. The van der Waals surface area contributed by atoms with Crippen molar-refractivity contribution in [2.24, 2.45) is 0 Å². The van der Waals surface area contributed by atoms with Crippen molar-refractivity contribution < 1.29 is 6.51 Å². The predicted octanol–water partition coefficient (Wildman–Crippen LogP) is 6.96. The molecule has 10 saturated heterocycles. The van der Waals surface area contributed by atoms with E-state index in [1.165, 1.54) is 44.1 Å². The molecule has 3 aromatic rings. The van der Waals surface area contributed by atoms with Crippen LogP contribution in [-0.4, -0.2) is 10.1 Å². The van der Waals surface area contributed by atoms with Gasteiger partial charge in [0, 0.05) is 0 Å². The van der Waals surface area contributed by atoms with Crippen LogP contribution < -0.4 is 15.9 Å². The van der Waals surface area contributed by atoms with Gasteiger partial charge in [-0.05, 0) is 0 Å². The van der Waals surface area contributed by atoms with Crippen LogP contribution in [0, 0.1) is 0 Å². The van der Waals surface area contributed by atoms with E-state index in [4.69, 9.17) is 0 Å². The van der Waals surface area contributed by atoms with E-state index in [-0.39, 0.29) is 7.92 Å². The molecule has 4 unspecified atom stereocenters. The molecular weight excluding hydrogens is 473 g/mol. The summed E-state index contributed by atoms with van der Waals surface area (Å²) < 4.78 is 1.56. The summed E-state index contributed by atoms with van der Waals surface area (Å²) in [7, 11) is -0.254. The molecule has 0 aromatic heterocycles. The molecule has 0 amide bonds. The molecule has 10 fully saturated rings. The Morgan fingerprint density at radius 1 is 0.706 bits per heavy atom. The van der Waals surface area contributed by atoms with Crippen LogP contribution in [0.2, 0.25) is 42.8 Å². The second-order valence-corrected chi connectivity index (χ2v) is 41.4. The van der Waals surface area contributed by atoms with E-state index >= 15 is 0 Å². The summed E-state index contributed by atoms with van der Waals surface area (Å²) >= 11 is 0. The van der Waals surface area contributed by atoms with Gasteiger partial charge < -0.3 is 0 Å². The average molecular weight is 503 g/mol. The Hall–Kier alpha value is -1.43. The third kappa shape index (κ3) is 0.355. The predicted molar refractivity (Wildman–Crippen MR) is 137 cm³/mol. The molecule has 3 heteroatoms. The van der Waals surface area contributed by atoms with Crippen LogP contribution in [0.4, 0.5) is 0 Å². The molecule has 1 N–H and O–H groups in total. The topological polar surface area (TPSA) is 12.0 Å². The zero-order chi connectivity index (χ0) is 21.8. The molecule has 6 atom stereocenters. The number of hydrogen-bond donors (Lipinski definition) is 1. The van der Waals surface area contributed by atoms with Gasteiger partial charge >= 0.3 is 193 Å². The number of nitrogens with one attached hydrogen (secondary N) is 1. The number of hydrogen-bond acceptors (Lipinski definition) is 1. The van der Waals surface area contributed by atoms with Gasteiger partial charge in [-0.3, -0.25) is 0 Å².